The monoisotopic (exact) mass is 504 g/mol. The third kappa shape index (κ3) is 4.57. The van der Waals surface area contributed by atoms with Crippen molar-refractivity contribution in [2.75, 3.05) is 19.5 Å². The molecule has 1 aromatic heterocycles. The van der Waals surface area contributed by atoms with Crippen LogP contribution in [0.25, 0.3) is 11.3 Å². The van der Waals surface area contributed by atoms with Crippen molar-refractivity contribution < 1.29 is 31.8 Å². The van der Waals surface area contributed by atoms with Crippen LogP contribution >= 0.6 is 0 Å². The minimum absolute atomic E-state index is 0.0698. The third-order valence-electron chi connectivity index (χ3n) is 6.42. The SMILES string of the molecule is COc1ccc(C2CC(C(F)(F)F)n3nc(-c4ccc(C(=O)NC5CC5)c(F)c4)cc3N2)cc1OC. The number of ether oxygens (including phenoxy) is 2. The zero-order valence-electron chi connectivity index (χ0n) is 19.5. The van der Waals surface area contributed by atoms with Crippen molar-refractivity contribution in [1.82, 2.24) is 15.1 Å². The van der Waals surface area contributed by atoms with Gasteiger partial charge in [-0.3, -0.25) is 4.79 Å². The Morgan fingerprint density at radius 2 is 1.83 bits per heavy atom. The number of fused-ring (bicyclic) bond motifs is 1. The number of nitrogens with one attached hydrogen (secondary N) is 2. The van der Waals surface area contributed by atoms with Gasteiger partial charge >= 0.3 is 6.18 Å². The Balaban J connectivity index is 1.47. The molecule has 190 valence electrons. The van der Waals surface area contributed by atoms with E-state index in [1.54, 1.807) is 18.2 Å². The summed E-state index contributed by atoms with van der Waals surface area (Å²) >= 11 is 0. The van der Waals surface area contributed by atoms with Crippen LogP contribution in [0.15, 0.2) is 42.5 Å². The Bertz CT molecular complexity index is 1300. The maximum Gasteiger partial charge on any atom is 0.410 e. The molecule has 2 N–H and O–H groups in total. The molecule has 7 nitrogen and oxygen atoms in total. The van der Waals surface area contributed by atoms with Crippen LogP contribution in [0.1, 0.15) is 47.3 Å². The van der Waals surface area contributed by atoms with E-state index in [1.807, 2.05) is 0 Å². The molecule has 36 heavy (non-hydrogen) atoms. The molecular weight excluding hydrogens is 480 g/mol. The van der Waals surface area contributed by atoms with E-state index in [-0.39, 0.29) is 35.1 Å². The lowest BCUT2D eigenvalue weighted by atomic mass is 9.96. The highest BCUT2D eigenvalue weighted by molar-refractivity contribution is 5.95. The summed E-state index contributed by atoms with van der Waals surface area (Å²) in [5.41, 5.74) is 0.901. The average Bonchev–Trinajstić information content (AvgIpc) is 3.56. The van der Waals surface area contributed by atoms with E-state index in [0.29, 0.717) is 17.1 Å². The first kappa shape index (κ1) is 24.0. The number of carbonyl (C=O) groups is 1. The minimum Gasteiger partial charge on any atom is -0.493 e. The second kappa shape index (κ2) is 9.03. The molecule has 2 atom stereocenters. The predicted molar refractivity (Wildman–Crippen MR) is 124 cm³/mol. The van der Waals surface area contributed by atoms with E-state index in [1.165, 1.54) is 32.4 Å². The van der Waals surface area contributed by atoms with Crippen molar-refractivity contribution in [2.45, 2.75) is 43.6 Å². The van der Waals surface area contributed by atoms with Gasteiger partial charge in [-0.15, -0.1) is 0 Å². The van der Waals surface area contributed by atoms with Crippen LogP contribution < -0.4 is 20.1 Å². The highest BCUT2D eigenvalue weighted by Gasteiger charge is 2.46. The number of aromatic nitrogens is 2. The van der Waals surface area contributed by atoms with E-state index in [9.17, 15) is 22.4 Å². The van der Waals surface area contributed by atoms with Crippen LogP contribution in [0, 0.1) is 5.82 Å². The van der Waals surface area contributed by atoms with Gasteiger partial charge in [0.15, 0.2) is 17.5 Å². The standard InChI is InChI=1S/C25H24F4N4O3/c1-35-20-8-4-14(10-21(20)36-2)18-11-22(25(27,28)29)33-23(31-18)12-19(32-33)13-3-7-16(17(26)9-13)24(34)30-15-5-6-15/h3-4,7-10,12,15,18,22,31H,5-6,11H2,1-2H3,(H,30,34). The molecule has 2 unspecified atom stereocenters. The number of halogens is 4. The Hall–Kier alpha value is -3.76. The van der Waals surface area contributed by atoms with Crippen LogP contribution in [0.4, 0.5) is 23.4 Å². The number of methoxy groups -OCH3 is 2. The van der Waals surface area contributed by atoms with E-state index >= 15 is 0 Å². The lowest BCUT2D eigenvalue weighted by Crippen LogP contribution is -2.35. The van der Waals surface area contributed by atoms with Gasteiger partial charge in [-0.05, 0) is 42.7 Å². The summed E-state index contributed by atoms with van der Waals surface area (Å²) in [6.45, 7) is 0. The maximum absolute atomic E-state index is 14.7. The van der Waals surface area contributed by atoms with E-state index in [4.69, 9.17) is 9.47 Å². The Labute approximate surface area is 204 Å². The van der Waals surface area contributed by atoms with Gasteiger partial charge in [-0.25, -0.2) is 9.07 Å². The van der Waals surface area contributed by atoms with Gasteiger partial charge in [0.2, 0.25) is 0 Å². The molecule has 5 rings (SSSR count). The Morgan fingerprint density at radius 3 is 2.47 bits per heavy atom. The maximum atomic E-state index is 14.7. The van der Waals surface area contributed by atoms with Gasteiger partial charge in [-0.2, -0.15) is 18.3 Å². The van der Waals surface area contributed by atoms with Crippen molar-refractivity contribution in [3.8, 4) is 22.8 Å². The third-order valence-corrected chi connectivity index (χ3v) is 6.42. The fourth-order valence-corrected chi connectivity index (χ4v) is 4.35. The summed E-state index contributed by atoms with van der Waals surface area (Å²) in [5.74, 6) is -0.258. The van der Waals surface area contributed by atoms with E-state index in [0.717, 1.165) is 23.6 Å². The van der Waals surface area contributed by atoms with Crippen LogP contribution in [-0.2, 0) is 0 Å². The number of amides is 1. The Morgan fingerprint density at radius 1 is 1.08 bits per heavy atom. The molecule has 1 amide bonds. The summed E-state index contributed by atoms with van der Waals surface area (Å²) < 4.78 is 68.3. The predicted octanol–water partition coefficient (Wildman–Crippen LogP) is 5.26. The first-order valence-corrected chi connectivity index (χ1v) is 11.4. The van der Waals surface area contributed by atoms with Crippen molar-refractivity contribution >= 4 is 11.7 Å². The molecule has 2 heterocycles. The normalized spacial score (nSPS) is 19.3. The minimum atomic E-state index is -4.56. The average molecular weight is 504 g/mol. The van der Waals surface area contributed by atoms with Crippen LogP contribution in [0.2, 0.25) is 0 Å². The molecule has 0 saturated heterocycles. The Kier molecular flexibility index (Phi) is 6.01. The van der Waals surface area contributed by atoms with Gasteiger partial charge in [0.25, 0.3) is 5.91 Å². The van der Waals surface area contributed by atoms with Crippen molar-refractivity contribution in [3.63, 3.8) is 0 Å². The number of alkyl halides is 3. The number of hydrogen-bond acceptors (Lipinski definition) is 5. The highest BCUT2D eigenvalue weighted by Crippen LogP contribution is 2.45. The smallest absolute Gasteiger partial charge is 0.410 e. The number of carbonyl (C=O) groups excluding carboxylic acids is 1. The molecule has 0 radical (unpaired) electrons. The molecule has 11 heteroatoms. The van der Waals surface area contributed by atoms with Gasteiger partial charge in [-0.1, -0.05) is 12.1 Å². The molecule has 1 fully saturated rings. The summed E-state index contributed by atoms with van der Waals surface area (Å²) in [6.07, 6.45) is -3.14. The fraction of sp³-hybridized carbons (Fsp3) is 0.360. The topological polar surface area (TPSA) is 77.4 Å². The lowest BCUT2D eigenvalue weighted by Gasteiger charge is -2.33. The molecule has 0 spiro atoms. The largest absolute Gasteiger partial charge is 0.493 e. The van der Waals surface area contributed by atoms with Gasteiger partial charge in [0.1, 0.15) is 11.6 Å². The highest BCUT2D eigenvalue weighted by atomic mass is 19.4. The zero-order valence-corrected chi connectivity index (χ0v) is 19.5. The van der Waals surface area contributed by atoms with Crippen LogP contribution in [-0.4, -0.2) is 42.1 Å². The molecule has 3 aromatic rings. The molecule has 1 aliphatic carbocycles. The second-order valence-corrected chi connectivity index (χ2v) is 8.91. The molecule has 1 saturated carbocycles. The first-order chi connectivity index (χ1) is 17.2. The van der Waals surface area contributed by atoms with Gasteiger partial charge < -0.3 is 20.1 Å². The summed E-state index contributed by atoms with van der Waals surface area (Å²) in [6, 6.07) is 7.81. The van der Waals surface area contributed by atoms with Crippen molar-refractivity contribution in [1.29, 1.82) is 0 Å². The van der Waals surface area contributed by atoms with Gasteiger partial charge in [0.05, 0.1) is 31.5 Å². The molecule has 2 aliphatic rings. The molecule has 0 bridgehead atoms. The summed E-state index contributed by atoms with van der Waals surface area (Å²) in [7, 11) is 2.93. The number of benzene rings is 2. The number of anilines is 1. The molecule has 2 aromatic carbocycles. The number of rotatable bonds is 6. The summed E-state index contributed by atoms with van der Waals surface area (Å²) in [5, 5.41) is 9.99. The quantitative estimate of drug-likeness (QED) is 0.448. The first-order valence-electron chi connectivity index (χ1n) is 11.4. The van der Waals surface area contributed by atoms with Crippen LogP contribution in [0.3, 0.4) is 0 Å². The van der Waals surface area contributed by atoms with E-state index < -0.39 is 30.0 Å². The number of hydrogen-bond donors (Lipinski definition) is 2. The van der Waals surface area contributed by atoms with Crippen LogP contribution in [0.5, 0.6) is 11.5 Å². The lowest BCUT2D eigenvalue weighted by molar-refractivity contribution is -0.173. The molecule has 1 aliphatic heterocycles. The van der Waals surface area contributed by atoms with Crippen molar-refractivity contribution in [3.05, 3.63) is 59.4 Å². The van der Waals surface area contributed by atoms with Gasteiger partial charge in [0, 0.05) is 24.1 Å². The fourth-order valence-electron chi connectivity index (χ4n) is 4.35. The zero-order chi connectivity index (χ0) is 25.6. The second-order valence-electron chi connectivity index (χ2n) is 8.91. The number of nitrogens with zero attached hydrogens (tertiary/aromatic N) is 2. The van der Waals surface area contributed by atoms with E-state index in [2.05, 4.69) is 15.7 Å². The summed E-state index contributed by atoms with van der Waals surface area (Å²) in [4.78, 5) is 12.2. The molecular formula is C25H24F4N4O3. The van der Waals surface area contributed by atoms with Crippen molar-refractivity contribution in [2.24, 2.45) is 0 Å².